The first-order valence-corrected chi connectivity index (χ1v) is 2.66. The summed E-state index contributed by atoms with van der Waals surface area (Å²) in [4.78, 5) is 18.2. The summed E-state index contributed by atoms with van der Waals surface area (Å²) in [6.07, 6.45) is 3.21. The summed E-state index contributed by atoms with van der Waals surface area (Å²) in [5.74, 6) is 0.236. The molecule has 0 heterocycles. The zero-order valence-corrected chi connectivity index (χ0v) is 5.72. The molecule has 0 atom stereocenters. The fourth-order valence-corrected chi connectivity index (χ4v) is 0.305. The first kappa shape index (κ1) is 11.0. The van der Waals surface area contributed by atoms with Crippen LogP contribution < -0.4 is 0 Å². The minimum Gasteiger partial charge on any atom is -0.307 e. The molecule has 0 aliphatic heterocycles. The number of carbonyl (C=O) groups is 2. The van der Waals surface area contributed by atoms with Crippen molar-refractivity contribution >= 4 is 12.6 Å². The molecule has 0 radical (unpaired) electrons. The van der Waals surface area contributed by atoms with Crippen molar-refractivity contribution in [2.24, 2.45) is 0 Å². The Balaban J connectivity index is 0. The van der Waals surface area contributed by atoms with Gasteiger partial charge in [0, 0.05) is 6.42 Å². The Labute approximate surface area is 55.6 Å². The van der Waals surface area contributed by atoms with Crippen LogP contribution in [0.4, 0.5) is 0 Å². The highest BCUT2D eigenvalue weighted by molar-refractivity contribution is 5.75. The lowest BCUT2D eigenvalue weighted by molar-refractivity contribution is -0.116. The molecule has 0 aliphatic carbocycles. The standard InChI is InChI=1S/C6H10O.CH2O/c1-3-4-5-6(2)7;1-2/h3H,1,4-5H2,2H3;1H2. The SMILES string of the molecule is C=CCCC(C)=O.C=O. The van der Waals surface area contributed by atoms with Gasteiger partial charge >= 0.3 is 0 Å². The fraction of sp³-hybridized carbons (Fsp3) is 0.429. The van der Waals surface area contributed by atoms with E-state index in [1.807, 2.05) is 6.79 Å². The summed E-state index contributed by atoms with van der Waals surface area (Å²) in [7, 11) is 0. The Morgan fingerprint density at radius 2 is 2.00 bits per heavy atom. The molecule has 0 unspecified atom stereocenters. The molecule has 0 amide bonds. The fourth-order valence-electron chi connectivity index (χ4n) is 0.305. The van der Waals surface area contributed by atoms with Crippen LogP contribution in [0.5, 0.6) is 0 Å². The van der Waals surface area contributed by atoms with Gasteiger partial charge in [-0.05, 0) is 13.3 Å². The Kier molecular flexibility index (Phi) is 12.3. The lowest BCUT2D eigenvalue weighted by Gasteiger charge is -1.82. The van der Waals surface area contributed by atoms with E-state index >= 15 is 0 Å². The molecule has 2 heteroatoms. The highest BCUT2D eigenvalue weighted by Gasteiger charge is 1.85. The third-order valence-electron chi connectivity index (χ3n) is 0.701. The number of rotatable bonds is 3. The number of hydrogen-bond acceptors (Lipinski definition) is 2. The number of hydrogen-bond donors (Lipinski definition) is 0. The first-order chi connectivity index (χ1) is 4.27. The maximum atomic E-state index is 10.2. The van der Waals surface area contributed by atoms with Crippen molar-refractivity contribution in [1.29, 1.82) is 0 Å². The van der Waals surface area contributed by atoms with Gasteiger partial charge in [-0.15, -0.1) is 6.58 Å². The van der Waals surface area contributed by atoms with E-state index in [9.17, 15) is 4.79 Å². The Morgan fingerprint density at radius 1 is 1.56 bits per heavy atom. The molecule has 0 saturated heterocycles. The van der Waals surface area contributed by atoms with Gasteiger partial charge in [0.2, 0.25) is 0 Å². The van der Waals surface area contributed by atoms with Crippen molar-refractivity contribution < 1.29 is 9.59 Å². The molecule has 2 nitrogen and oxygen atoms in total. The van der Waals surface area contributed by atoms with Gasteiger partial charge in [-0.2, -0.15) is 0 Å². The number of carbonyl (C=O) groups excluding carboxylic acids is 2. The van der Waals surface area contributed by atoms with Gasteiger partial charge in [0.15, 0.2) is 0 Å². The normalized spacial score (nSPS) is 6.78. The van der Waals surface area contributed by atoms with Gasteiger partial charge in [-0.25, -0.2) is 0 Å². The van der Waals surface area contributed by atoms with E-state index in [1.165, 1.54) is 0 Å². The van der Waals surface area contributed by atoms with Crippen molar-refractivity contribution in [3.8, 4) is 0 Å². The summed E-state index contributed by atoms with van der Waals surface area (Å²) in [6.45, 7) is 7.07. The van der Waals surface area contributed by atoms with Crippen molar-refractivity contribution in [3.63, 3.8) is 0 Å². The summed E-state index contributed by atoms with van der Waals surface area (Å²) in [5.41, 5.74) is 0. The third kappa shape index (κ3) is 19.3. The molecular weight excluding hydrogens is 116 g/mol. The first-order valence-electron chi connectivity index (χ1n) is 2.66. The summed E-state index contributed by atoms with van der Waals surface area (Å²) in [5, 5.41) is 0. The van der Waals surface area contributed by atoms with Gasteiger partial charge in [0.25, 0.3) is 0 Å². The Bertz CT molecular complexity index is 86.9. The second-order valence-electron chi connectivity index (χ2n) is 1.53. The van der Waals surface area contributed by atoms with Gasteiger partial charge in [0.05, 0.1) is 0 Å². The van der Waals surface area contributed by atoms with E-state index in [0.717, 1.165) is 6.42 Å². The lowest BCUT2D eigenvalue weighted by atomic mass is 10.2. The second-order valence-corrected chi connectivity index (χ2v) is 1.53. The molecule has 0 rings (SSSR count). The van der Waals surface area contributed by atoms with Crippen LogP contribution in [-0.2, 0) is 9.59 Å². The van der Waals surface area contributed by atoms with Crippen molar-refractivity contribution in [2.45, 2.75) is 19.8 Å². The smallest absolute Gasteiger partial charge is 0.130 e. The molecule has 0 aromatic rings. The van der Waals surface area contributed by atoms with Crippen LogP contribution >= 0.6 is 0 Å². The van der Waals surface area contributed by atoms with E-state index in [1.54, 1.807) is 13.0 Å². The van der Waals surface area contributed by atoms with Crippen molar-refractivity contribution in [1.82, 2.24) is 0 Å². The average molecular weight is 128 g/mol. The second kappa shape index (κ2) is 10.1. The third-order valence-corrected chi connectivity index (χ3v) is 0.701. The Morgan fingerprint density at radius 3 is 2.11 bits per heavy atom. The molecule has 0 saturated carbocycles. The molecule has 0 aromatic heterocycles. The van der Waals surface area contributed by atoms with E-state index in [-0.39, 0.29) is 5.78 Å². The van der Waals surface area contributed by atoms with Crippen LogP contribution in [0.25, 0.3) is 0 Å². The van der Waals surface area contributed by atoms with Gasteiger partial charge in [0.1, 0.15) is 12.6 Å². The minimum absolute atomic E-state index is 0.236. The molecule has 0 bridgehead atoms. The predicted octanol–water partition coefficient (Wildman–Crippen LogP) is 1.36. The lowest BCUT2D eigenvalue weighted by Crippen LogP contribution is -1.85. The van der Waals surface area contributed by atoms with Crippen molar-refractivity contribution in [3.05, 3.63) is 12.7 Å². The van der Waals surface area contributed by atoms with E-state index in [4.69, 9.17) is 4.79 Å². The van der Waals surface area contributed by atoms with Gasteiger partial charge < -0.3 is 9.59 Å². The molecule has 0 fully saturated rings. The van der Waals surface area contributed by atoms with Crippen LogP contribution in [0.3, 0.4) is 0 Å². The highest BCUT2D eigenvalue weighted by atomic mass is 16.1. The number of ketones is 1. The maximum Gasteiger partial charge on any atom is 0.130 e. The zero-order valence-electron chi connectivity index (χ0n) is 5.72. The average Bonchev–Trinajstić information content (AvgIpc) is 1.88. The highest BCUT2D eigenvalue weighted by Crippen LogP contribution is 1.88. The monoisotopic (exact) mass is 128 g/mol. The molecule has 0 aliphatic rings. The van der Waals surface area contributed by atoms with Gasteiger partial charge in [-0.1, -0.05) is 6.08 Å². The van der Waals surface area contributed by atoms with E-state index in [2.05, 4.69) is 6.58 Å². The van der Waals surface area contributed by atoms with Crippen LogP contribution in [0, 0.1) is 0 Å². The maximum absolute atomic E-state index is 10.2. The van der Waals surface area contributed by atoms with Crippen molar-refractivity contribution in [2.75, 3.05) is 0 Å². The zero-order chi connectivity index (χ0) is 7.70. The van der Waals surface area contributed by atoms with Crippen LogP contribution in [0.15, 0.2) is 12.7 Å². The molecule has 9 heavy (non-hydrogen) atoms. The van der Waals surface area contributed by atoms with Crippen LogP contribution in [0.1, 0.15) is 19.8 Å². The van der Waals surface area contributed by atoms with E-state index in [0.29, 0.717) is 6.42 Å². The summed E-state index contributed by atoms with van der Waals surface area (Å²) in [6, 6.07) is 0. The predicted molar refractivity (Wildman–Crippen MR) is 37.2 cm³/mol. The number of Topliss-reactive ketones (excluding diaryl/α,β-unsaturated/α-hetero) is 1. The van der Waals surface area contributed by atoms with Crippen LogP contribution in [0.2, 0.25) is 0 Å². The summed E-state index contributed by atoms with van der Waals surface area (Å²) < 4.78 is 0. The molecule has 0 N–H and O–H groups in total. The van der Waals surface area contributed by atoms with Crippen LogP contribution in [-0.4, -0.2) is 12.6 Å². The van der Waals surface area contributed by atoms with Gasteiger partial charge in [-0.3, -0.25) is 0 Å². The minimum atomic E-state index is 0.236. The molecule has 0 spiro atoms. The molecule has 52 valence electrons. The molecule has 0 aromatic carbocycles. The van der Waals surface area contributed by atoms with E-state index < -0.39 is 0 Å². The largest absolute Gasteiger partial charge is 0.307 e. The summed E-state index contributed by atoms with van der Waals surface area (Å²) >= 11 is 0. The Hall–Kier alpha value is -0.920. The topological polar surface area (TPSA) is 34.1 Å². The quantitative estimate of drug-likeness (QED) is 0.538. The molecular formula is C7H12O2. The number of allylic oxidation sites excluding steroid dienone is 1.